The van der Waals surface area contributed by atoms with Crippen LogP contribution in [0.1, 0.15) is 32.6 Å². The van der Waals surface area contributed by atoms with Gasteiger partial charge in [-0.05, 0) is 48.4 Å². The van der Waals surface area contributed by atoms with E-state index >= 15 is 0 Å². The molecule has 0 fully saturated rings. The van der Waals surface area contributed by atoms with E-state index in [9.17, 15) is 4.79 Å². The SMILES string of the molecule is COc1ccccc1CN1COc2cc(C)c3c(c2C1)O/C(=C\c1ccc(Br)cc1)C3=O. The maximum Gasteiger partial charge on any atom is 0.232 e. The number of ether oxygens (including phenoxy) is 3. The van der Waals surface area contributed by atoms with E-state index in [1.165, 1.54) is 0 Å². The number of methoxy groups -OCH3 is 1. The third-order valence-corrected chi connectivity index (χ3v) is 6.27. The Morgan fingerprint density at radius 2 is 1.94 bits per heavy atom. The lowest BCUT2D eigenvalue weighted by atomic mass is 9.98. The highest BCUT2D eigenvalue weighted by atomic mass is 79.9. The minimum atomic E-state index is -0.0925. The summed E-state index contributed by atoms with van der Waals surface area (Å²) in [7, 11) is 1.68. The summed E-state index contributed by atoms with van der Waals surface area (Å²) >= 11 is 3.44. The summed E-state index contributed by atoms with van der Waals surface area (Å²) in [5.74, 6) is 2.47. The molecular weight excluding hydrogens is 470 g/mol. The summed E-state index contributed by atoms with van der Waals surface area (Å²) in [6, 6.07) is 17.7. The van der Waals surface area contributed by atoms with Crippen LogP contribution < -0.4 is 14.2 Å². The van der Waals surface area contributed by atoms with Crippen molar-refractivity contribution in [2.24, 2.45) is 0 Å². The molecule has 0 N–H and O–H groups in total. The normalized spacial score (nSPS) is 16.3. The molecule has 0 aromatic heterocycles. The number of aryl methyl sites for hydroxylation is 1. The lowest BCUT2D eigenvalue weighted by Gasteiger charge is -2.30. The average Bonchev–Trinajstić information content (AvgIpc) is 3.13. The fourth-order valence-corrected chi connectivity index (χ4v) is 4.43. The molecular formula is C26H22BrNO4. The Hall–Kier alpha value is -3.09. The van der Waals surface area contributed by atoms with Gasteiger partial charge < -0.3 is 14.2 Å². The van der Waals surface area contributed by atoms with Gasteiger partial charge in [0.05, 0.1) is 18.2 Å². The lowest BCUT2D eigenvalue weighted by Crippen LogP contribution is -2.32. The number of rotatable bonds is 4. The van der Waals surface area contributed by atoms with E-state index in [2.05, 4.69) is 20.8 Å². The van der Waals surface area contributed by atoms with E-state index in [0.29, 0.717) is 36.9 Å². The number of Topliss-reactive ketones (excluding diaryl/α,β-unsaturated/α-hetero) is 1. The van der Waals surface area contributed by atoms with Crippen LogP contribution in [0.25, 0.3) is 6.08 Å². The Balaban J connectivity index is 1.46. The molecule has 32 heavy (non-hydrogen) atoms. The molecule has 2 aliphatic rings. The molecule has 0 atom stereocenters. The van der Waals surface area contributed by atoms with Gasteiger partial charge in [-0.1, -0.05) is 46.3 Å². The molecule has 0 amide bonds. The van der Waals surface area contributed by atoms with Crippen molar-refractivity contribution in [1.82, 2.24) is 4.90 Å². The first-order valence-electron chi connectivity index (χ1n) is 10.4. The number of hydrogen-bond donors (Lipinski definition) is 0. The Morgan fingerprint density at radius 3 is 2.72 bits per heavy atom. The standard InChI is InChI=1S/C26H22BrNO4/c1-16-11-22-20(14-28(15-31-22)13-18-5-3-4-6-21(18)30-2)26-24(16)25(29)23(32-26)12-17-7-9-19(27)10-8-17/h3-12H,13-15H2,1-2H3/b23-12-. The van der Waals surface area contributed by atoms with Crippen molar-refractivity contribution >= 4 is 27.8 Å². The fourth-order valence-electron chi connectivity index (χ4n) is 4.16. The zero-order valence-corrected chi connectivity index (χ0v) is 19.4. The maximum absolute atomic E-state index is 13.2. The molecule has 0 spiro atoms. The molecule has 5 rings (SSSR count). The lowest BCUT2D eigenvalue weighted by molar-refractivity contribution is 0.0864. The van der Waals surface area contributed by atoms with E-state index < -0.39 is 0 Å². The van der Waals surface area contributed by atoms with E-state index in [1.807, 2.05) is 61.5 Å². The minimum Gasteiger partial charge on any atom is -0.496 e. The van der Waals surface area contributed by atoms with Crippen molar-refractivity contribution in [1.29, 1.82) is 0 Å². The quantitative estimate of drug-likeness (QED) is 0.435. The van der Waals surface area contributed by atoms with Crippen LogP contribution in [-0.4, -0.2) is 24.5 Å². The predicted molar refractivity (Wildman–Crippen MR) is 126 cm³/mol. The van der Waals surface area contributed by atoms with Gasteiger partial charge >= 0.3 is 0 Å². The van der Waals surface area contributed by atoms with Crippen molar-refractivity contribution in [2.75, 3.05) is 13.8 Å². The highest BCUT2D eigenvalue weighted by molar-refractivity contribution is 9.10. The molecule has 0 saturated carbocycles. The van der Waals surface area contributed by atoms with E-state index in [4.69, 9.17) is 14.2 Å². The molecule has 0 aliphatic carbocycles. The molecule has 3 aromatic carbocycles. The molecule has 3 aromatic rings. The summed E-state index contributed by atoms with van der Waals surface area (Å²) < 4.78 is 18.7. The highest BCUT2D eigenvalue weighted by Gasteiger charge is 2.35. The largest absolute Gasteiger partial charge is 0.496 e. The summed E-state index contributed by atoms with van der Waals surface area (Å²) in [5, 5.41) is 0. The van der Waals surface area contributed by atoms with Gasteiger partial charge in [-0.25, -0.2) is 0 Å². The summed E-state index contributed by atoms with van der Waals surface area (Å²) in [6.45, 7) is 3.67. The molecule has 2 heterocycles. The minimum absolute atomic E-state index is 0.0925. The van der Waals surface area contributed by atoms with Gasteiger partial charge in [0.25, 0.3) is 0 Å². The number of para-hydroxylation sites is 1. The third kappa shape index (κ3) is 3.80. The number of nitrogens with zero attached hydrogens (tertiary/aromatic N) is 1. The Labute approximate surface area is 195 Å². The van der Waals surface area contributed by atoms with Gasteiger partial charge in [0, 0.05) is 23.1 Å². The van der Waals surface area contributed by atoms with E-state index in [-0.39, 0.29) is 5.78 Å². The second-order valence-electron chi connectivity index (χ2n) is 7.94. The van der Waals surface area contributed by atoms with Gasteiger partial charge in [0.15, 0.2) is 5.76 Å². The van der Waals surface area contributed by atoms with Crippen LogP contribution in [0.15, 0.2) is 64.8 Å². The number of benzene rings is 3. The van der Waals surface area contributed by atoms with Gasteiger partial charge in [0.2, 0.25) is 5.78 Å². The van der Waals surface area contributed by atoms with Crippen LogP contribution in [0.4, 0.5) is 0 Å². The number of fused-ring (bicyclic) bond motifs is 3. The first kappa shape index (κ1) is 20.8. The zero-order valence-electron chi connectivity index (χ0n) is 17.9. The Bertz CT molecular complexity index is 1230. The zero-order chi connectivity index (χ0) is 22.2. The van der Waals surface area contributed by atoms with Gasteiger partial charge in [-0.3, -0.25) is 9.69 Å². The molecule has 2 aliphatic heterocycles. The highest BCUT2D eigenvalue weighted by Crippen LogP contribution is 2.44. The number of halogens is 1. The molecule has 0 saturated heterocycles. The third-order valence-electron chi connectivity index (χ3n) is 5.74. The molecule has 0 radical (unpaired) electrons. The van der Waals surface area contributed by atoms with Crippen molar-refractivity contribution in [3.8, 4) is 17.2 Å². The molecule has 5 nitrogen and oxygen atoms in total. The first-order valence-corrected chi connectivity index (χ1v) is 11.2. The number of carbonyl (C=O) groups is 1. The van der Waals surface area contributed by atoms with Crippen molar-refractivity contribution in [2.45, 2.75) is 20.0 Å². The van der Waals surface area contributed by atoms with Crippen molar-refractivity contribution < 1.29 is 19.0 Å². The smallest absolute Gasteiger partial charge is 0.232 e. The predicted octanol–water partition coefficient (Wildman–Crippen LogP) is 5.73. The number of allylic oxidation sites excluding steroid dienone is 1. The van der Waals surface area contributed by atoms with Crippen LogP contribution in [0.2, 0.25) is 0 Å². The molecule has 162 valence electrons. The monoisotopic (exact) mass is 491 g/mol. The average molecular weight is 492 g/mol. The summed E-state index contributed by atoms with van der Waals surface area (Å²) in [4.78, 5) is 15.3. The van der Waals surface area contributed by atoms with Gasteiger partial charge in [-0.2, -0.15) is 0 Å². The van der Waals surface area contributed by atoms with E-state index in [0.717, 1.165) is 38.2 Å². The number of ketones is 1. The summed E-state index contributed by atoms with van der Waals surface area (Å²) in [5.41, 5.74) is 4.37. The molecule has 6 heteroatoms. The fraction of sp³-hybridized carbons (Fsp3) is 0.192. The Kier molecular flexibility index (Phi) is 5.49. The van der Waals surface area contributed by atoms with Gasteiger partial charge in [-0.15, -0.1) is 0 Å². The molecule has 0 bridgehead atoms. The van der Waals surface area contributed by atoms with Crippen LogP contribution >= 0.6 is 15.9 Å². The topological polar surface area (TPSA) is 48.0 Å². The van der Waals surface area contributed by atoms with Crippen LogP contribution in [0, 0.1) is 6.92 Å². The number of hydrogen-bond acceptors (Lipinski definition) is 5. The van der Waals surface area contributed by atoms with Crippen molar-refractivity contribution in [3.63, 3.8) is 0 Å². The van der Waals surface area contributed by atoms with E-state index in [1.54, 1.807) is 13.2 Å². The van der Waals surface area contributed by atoms with Crippen LogP contribution in [0.5, 0.6) is 17.2 Å². The van der Waals surface area contributed by atoms with Crippen molar-refractivity contribution in [3.05, 3.63) is 92.6 Å². The van der Waals surface area contributed by atoms with Crippen LogP contribution in [0.3, 0.4) is 0 Å². The second kappa shape index (κ2) is 8.45. The Morgan fingerprint density at radius 1 is 1.16 bits per heavy atom. The summed E-state index contributed by atoms with van der Waals surface area (Å²) in [6.07, 6.45) is 1.79. The first-order chi connectivity index (χ1) is 15.5. The second-order valence-corrected chi connectivity index (χ2v) is 8.85. The maximum atomic E-state index is 13.2. The van der Waals surface area contributed by atoms with Crippen LogP contribution in [-0.2, 0) is 13.1 Å². The van der Waals surface area contributed by atoms with Gasteiger partial charge in [0.1, 0.15) is 24.0 Å². The molecule has 0 unspecified atom stereocenters. The number of carbonyl (C=O) groups excluding carboxylic acids is 1.